The molecule has 5 nitrogen and oxygen atoms in total. The molecule has 106 valence electrons. The van der Waals surface area contributed by atoms with Gasteiger partial charge < -0.3 is 21.0 Å². The van der Waals surface area contributed by atoms with Gasteiger partial charge in [0.15, 0.2) is 0 Å². The Morgan fingerprint density at radius 3 is 2.53 bits per heavy atom. The molecule has 0 amide bonds. The van der Waals surface area contributed by atoms with E-state index in [1.54, 1.807) is 7.11 Å². The van der Waals surface area contributed by atoms with Gasteiger partial charge in [-0.05, 0) is 37.1 Å². The number of anilines is 1. The number of rotatable bonds is 7. The smallest absolute Gasteiger partial charge is 0.144 e. The van der Waals surface area contributed by atoms with Crippen LogP contribution in [0.4, 0.5) is 5.69 Å². The molecule has 1 aromatic rings. The van der Waals surface area contributed by atoms with Gasteiger partial charge in [0.2, 0.25) is 0 Å². The van der Waals surface area contributed by atoms with Gasteiger partial charge in [-0.15, -0.1) is 0 Å². The lowest BCUT2D eigenvalue weighted by Gasteiger charge is -2.22. The van der Waals surface area contributed by atoms with E-state index >= 15 is 0 Å². The number of amidine groups is 1. The molecule has 0 saturated heterocycles. The van der Waals surface area contributed by atoms with Gasteiger partial charge in [-0.3, -0.25) is 0 Å². The maximum Gasteiger partial charge on any atom is 0.144 e. The summed E-state index contributed by atoms with van der Waals surface area (Å²) >= 11 is 0. The minimum absolute atomic E-state index is 0.275. The number of ether oxygens (including phenoxy) is 1. The van der Waals surface area contributed by atoms with E-state index in [2.05, 4.69) is 10.5 Å². The topological polar surface area (TPSA) is 79.9 Å². The van der Waals surface area contributed by atoms with E-state index in [-0.39, 0.29) is 11.3 Å². The second-order valence-corrected chi connectivity index (χ2v) is 5.13. The fourth-order valence-electron chi connectivity index (χ4n) is 1.74. The summed E-state index contributed by atoms with van der Waals surface area (Å²) in [6, 6.07) is 7.80. The minimum atomic E-state index is -0.281. The van der Waals surface area contributed by atoms with E-state index in [4.69, 9.17) is 15.7 Å². The fourth-order valence-corrected chi connectivity index (χ4v) is 1.74. The van der Waals surface area contributed by atoms with Gasteiger partial charge in [-0.2, -0.15) is 0 Å². The number of hydrogen-bond acceptors (Lipinski definition) is 4. The molecular formula is C14H23N3O2. The van der Waals surface area contributed by atoms with Crippen LogP contribution >= 0.6 is 0 Å². The molecule has 0 aromatic heterocycles. The molecule has 19 heavy (non-hydrogen) atoms. The van der Waals surface area contributed by atoms with E-state index in [0.717, 1.165) is 30.8 Å². The molecule has 0 saturated carbocycles. The van der Waals surface area contributed by atoms with Crippen molar-refractivity contribution in [3.8, 4) is 5.75 Å². The van der Waals surface area contributed by atoms with Crippen LogP contribution in [0.5, 0.6) is 5.75 Å². The highest BCUT2D eigenvalue weighted by Gasteiger charge is 2.22. The Labute approximate surface area is 114 Å². The molecule has 0 radical (unpaired) electrons. The summed E-state index contributed by atoms with van der Waals surface area (Å²) in [6.07, 6.45) is 1.79. The van der Waals surface area contributed by atoms with Crippen LogP contribution in [0.1, 0.15) is 26.7 Å². The predicted molar refractivity (Wildman–Crippen MR) is 77.9 cm³/mol. The highest BCUT2D eigenvalue weighted by Crippen LogP contribution is 2.22. The zero-order chi connectivity index (χ0) is 14.3. The first-order chi connectivity index (χ1) is 8.99. The summed E-state index contributed by atoms with van der Waals surface area (Å²) < 4.78 is 5.10. The van der Waals surface area contributed by atoms with Gasteiger partial charge in [0.25, 0.3) is 0 Å². The van der Waals surface area contributed by atoms with Crippen LogP contribution in [0.25, 0.3) is 0 Å². The molecule has 1 rings (SSSR count). The molecule has 0 bridgehead atoms. The Morgan fingerprint density at radius 2 is 2.00 bits per heavy atom. The summed E-state index contributed by atoms with van der Waals surface area (Å²) in [5.74, 6) is 1.12. The van der Waals surface area contributed by atoms with Crippen molar-refractivity contribution in [3.05, 3.63) is 24.3 Å². The van der Waals surface area contributed by atoms with Crippen LogP contribution in [-0.4, -0.2) is 24.7 Å². The van der Waals surface area contributed by atoms with E-state index in [0.29, 0.717) is 0 Å². The van der Waals surface area contributed by atoms with E-state index in [9.17, 15) is 0 Å². The van der Waals surface area contributed by atoms with Crippen molar-refractivity contribution >= 4 is 11.5 Å². The molecule has 0 aliphatic carbocycles. The third-order valence-corrected chi connectivity index (χ3v) is 3.20. The highest BCUT2D eigenvalue weighted by atomic mass is 16.5. The molecule has 0 aliphatic heterocycles. The van der Waals surface area contributed by atoms with Gasteiger partial charge in [0.05, 0.1) is 7.11 Å². The third-order valence-electron chi connectivity index (χ3n) is 3.20. The monoisotopic (exact) mass is 265 g/mol. The van der Waals surface area contributed by atoms with Crippen LogP contribution in [-0.2, 0) is 0 Å². The van der Waals surface area contributed by atoms with Gasteiger partial charge in [-0.1, -0.05) is 19.0 Å². The zero-order valence-electron chi connectivity index (χ0n) is 11.8. The number of benzene rings is 1. The summed E-state index contributed by atoms with van der Waals surface area (Å²) in [5, 5.41) is 15.1. The summed E-state index contributed by atoms with van der Waals surface area (Å²) in [6.45, 7) is 4.78. The standard InChI is InChI=1S/C14H23N3O2/c1-14(2,13(15)17-18)9-4-10-16-11-5-7-12(19-3)8-6-11/h5-8,16,18H,4,9-10H2,1-3H3,(H2,15,17). The lowest BCUT2D eigenvalue weighted by Crippen LogP contribution is -2.32. The maximum atomic E-state index is 8.69. The Bertz CT molecular complexity index is 413. The molecule has 0 atom stereocenters. The van der Waals surface area contributed by atoms with E-state index < -0.39 is 0 Å². The number of nitrogens with zero attached hydrogens (tertiary/aromatic N) is 1. The Kier molecular flexibility index (Phi) is 5.48. The van der Waals surface area contributed by atoms with Crippen molar-refractivity contribution in [2.45, 2.75) is 26.7 Å². The highest BCUT2D eigenvalue weighted by molar-refractivity contribution is 5.85. The quantitative estimate of drug-likeness (QED) is 0.233. The Morgan fingerprint density at radius 1 is 1.37 bits per heavy atom. The van der Waals surface area contributed by atoms with Crippen molar-refractivity contribution in [2.24, 2.45) is 16.3 Å². The fraction of sp³-hybridized carbons (Fsp3) is 0.500. The number of nitrogens with one attached hydrogen (secondary N) is 1. The van der Waals surface area contributed by atoms with Crippen LogP contribution in [0, 0.1) is 5.41 Å². The molecule has 0 fully saturated rings. The number of nitrogens with two attached hydrogens (primary N) is 1. The van der Waals surface area contributed by atoms with E-state index in [1.807, 2.05) is 38.1 Å². The molecule has 0 unspecified atom stereocenters. The van der Waals surface area contributed by atoms with Crippen LogP contribution in [0.3, 0.4) is 0 Å². The van der Waals surface area contributed by atoms with Crippen molar-refractivity contribution in [2.75, 3.05) is 19.0 Å². The third kappa shape index (κ3) is 4.69. The van der Waals surface area contributed by atoms with Crippen molar-refractivity contribution in [1.82, 2.24) is 0 Å². The molecule has 4 N–H and O–H groups in total. The van der Waals surface area contributed by atoms with Gasteiger partial charge >= 0.3 is 0 Å². The normalized spacial score (nSPS) is 12.3. The first-order valence-corrected chi connectivity index (χ1v) is 6.35. The second kappa shape index (κ2) is 6.87. The minimum Gasteiger partial charge on any atom is -0.497 e. The molecular weight excluding hydrogens is 242 g/mol. The summed E-state index contributed by atoms with van der Waals surface area (Å²) in [7, 11) is 1.65. The largest absolute Gasteiger partial charge is 0.497 e. The average Bonchev–Trinajstić information content (AvgIpc) is 2.43. The van der Waals surface area contributed by atoms with Gasteiger partial charge in [0, 0.05) is 17.6 Å². The lowest BCUT2D eigenvalue weighted by molar-refractivity contribution is 0.305. The van der Waals surface area contributed by atoms with Crippen molar-refractivity contribution in [3.63, 3.8) is 0 Å². The van der Waals surface area contributed by atoms with Crippen molar-refractivity contribution < 1.29 is 9.94 Å². The summed E-state index contributed by atoms with van der Waals surface area (Å²) in [4.78, 5) is 0. The van der Waals surface area contributed by atoms with Gasteiger partial charge in [0.1, 0.15) is 11.6 Å². The van der Waals surface area contributed by atoms with Gasteiger partial charge in [-0.25, -0.2) is 0 Å². The maximum absolute atomic E-state index is 8.69. The lowest BCUT2D eigenvalue weighted by atomic mass is 9.86. The SMILES string of the molecule is COc1ccc(NCCCC(C)(C)C(N)=NO)cc1. The molecule has 0 heterocycles. The first kappa shape index (κ1) is 15.1. The number of hydrogen-bond donors (Lipinski definition) is 3. The zero-order valence-corrected chi connectivity index (χ0v) is 11.8. The molecule has 1 aromatic carbocycles. The molecule has 0 aliphatic rings. The van der Waals surface area contributed by atoms with Crippen LogP contribution in [0.2, 0.25) is 0 Å². The molecule has 5 heteroatoms. The predicted octanol–water partition coefficient (Wildman–Crippen LogP) is 2.66. The molecule has 0 spiro atoms. The number of methoxy groups -OCH3 is 1. The average molecular weight is 265 g/mol. The first-order valence-electron chi connectivity index (χ1n) is 6.35. The second-order valence-electron chi connectivity index (χ2n) is 5.13. The summed E-state index contributed by atoms with van der Waals surface area (Å²) in [5.41, 5.74) is 6.42. The van der Waals surface area contributed by atoms with E-state index in [1.165, 1.54) is 0 Å². The Hall–Kier alpha value is -1.91. The Balaban J connectivity index is 2.34. The van der Waals surface area contributed by atoms with Crippen molar-refractivity contribution in [1.29, 1.82) is 0 Å². The van der Waals surface area contributed by atoms with Crippen LogP contribution < -0.4 is 15.8 Å². The van der Waals surface area contributed by atoms with Crippen LogP contribution in [0.15, 0.2) is 29.4 Å². The number of oxime groups is 1.